The van der Waals surface area contributed by atoms with Crippen LogP contribution in [0.5, 0.6) is 5.75 Å². The Hall–Kier alpha value is -2.95. The van der Waals surface area contributed by atoms with Crippen LogP contribution in [-0.4, -0.2) is 32.7 Å². The van der Waals surface area contributed by atoms with E-state index in [-0.39, 0.29) is 16.8 Å². The SMILES string of the molecule is O=C(COc1cccc(-n2cnnn2)c1)Nc1ccc(Br)c(C(F)(F)F)c1. The number of aromatic nitrogens is 4. The number of hydrogen-bond acceptors (Lipinski definition) is 5. The molecule has 0 atom stereocenters. The summed E-state index contributed by atoms with van der Waals surface area (Å²) in [6.07, 6.45) is -3.13. The van der Waals surface area contributed by atoms with Crippen LogP contribution in [0.4, 0.5) is 18.9 Å². The van der Waals surface area contributed by atoms with Gasteiger partial charge in [-0.25, -0.2) is 4.68 Å². The Morgan fingerprint density at radius 1 is 1.22 bits per heavy atom. The summed E-state index contributed by atoms with van der Waals surface area (Å²) >= 11 is 2.84. The molecule has 1 amide bonds. The maximum atomic E-state index is 12.9. The molecular formula is C16H11BrF3N5O2. The number of carbonyl (C=O) groups excluding carboxylic acids is 1. The second-order valence-electron chi connectivity index (χ2n) is 5.28. The van der Waals surface area contributed by atoms with Crippen molar-refractivity contribution in [2.24, 2.45) is 0 Å². The van der Waals surface area contributed by atoms with Crippen LogP contribution in [0.15, 0.2) is 53.3 Å². The van der Waals surface area contributed by atoms with Gasteiger partial charge in [-0.3, -0.25) is 4.79 Å². The van der Waals surface area contributed by atoms with Crippen molar-refractivity contribution in [3.05, 3.63) is 58.8 Å². The lowest BCUT2D eigenvalue weighted by molar-refractivity contribution is -0.138. The largest absolute Gasteiger partial charge is 0.484 e. The van der Waals surface area contributed by atoms with Crippen LogP contribution >= 0.6 is 15.9 Å². The van der Waals surface area contributed by atoms with E-state index in [0.29, 0.717) is 11.4 Å². The van der Waals surface area contributed by atoms with Crippen LogP contribution in [-0.2, 0) is 11.0 Å². The van der Waals surface area contributed by atoms with Gasteiger partial charge in [-0.15, -0.1) is 5.10 Å². The molecule has 0 fully saturated rings. The van der Waals surface area contributed by atoms with Gasteiger partial charge in [-0.05, 0) is 40.8 Å². The molecule has 0 spiro atoms. The number of rotatable bonds is 5. The Labute approximate surface area is 159 Å². The molecule has 1 N–H and O–H groups in total. The predicted molar refractivity (Wildman–Crippen MR) is 92.4 cm³/mol. The molecule has 0 aliphatic rings. The molecule has 2 aromatic carbocycles. The van der Waals surface area contributed by atoms with Gasteiger partial charge in [0.2, 0.25) is 0 Å². The Kier molecular flexibility index (Phi) is 5.40. The summed E-state index contributed by atoms with van der Waals surface area (Å²) in [5, 5.41) is 13.2. The molecule has 0 bridgehead atoms. The highest BCUT2D eigenvalue weighted by molar-refractivity contribution is 9.10. The fourth-order valence-electron chi connectivity index (χ4n) is 2.16. The summed E-state index contributed by atoms with van der Waals surface area (Å²) in [5.74, 6) is -0.219. The Morgan fingerprint density at radius 2 is 2.04 bits per heavy atom. The summed E-state index contributed by atoms with van der Waals surface area (Å²) in [5.41, 5.74) is -0.238. The zero-order valence-corrected chi connectivity index (χ0v) is 15.0. The zero-order chi connectivity index (χ0) is 19.4. The molecule has 1 aromatic heterocycles. The molecule has 3 aromatic rings. The minimum Gasteiger partial charge on any atom is -0.484 e. The van der Waals surface area contributed by atoms with Gasteiger partial charge in [0.1, 0.15) is 12.1 Å². The summed E-state index contributed by atoms with van der Waals surface area (Å²) < 4.78 is 45.4. The molecule has 11 heteroatoms. The van der Waals surface area contributed by atoms with Gasteiger partial charge in [0.05, 0.1) is 11.3 Å². The van der Waals surface area contributed by atoms with Crippen molar-refractivity contribution in [1.29, 1.82) is 0 Å². The molecule has 1 heterocycles. The van der Waals surface area contributed by atoms with Gasteiger partial charge in [0, 0.05) is 16.2 Å². The second-order valence-corrected chi connectivity index (χ2v) is 6.14. The lowest BCUT2D eigenvalue weighted by atomic mass is 10.2. The van der Waals surface area contributed by atoms with Crippen molar-refractivity contribution < 1.29 is 22.7 Å². The maximum Gasteiger partial charge on any atom is 0.417 e. The van der Waals surface area contributed by atoms with Crippen molar-refractivity contribution >= 4 is 27.5 Å². The molecular weight excluding hydrogens is 431 g/mol. The molecule has 0 aliphatic carbocycles. The third kappa shape index (κ3) is 4.82. The highest BCUT2D eigenvalue weighted by Gasteiger charge is 2.33. The number of benzene rings is 2. The smallest absolute Gasteiger partial charge is 0.417 e. The molecule has 0 aliphatic heterocycles. The average molecular weight is 442 g/mol. The number of nitrogens with one attached hydrogen (secondary N) is 1. The fourth-order valence-corrected chi connectivity index (χ4v) is 2.63. The Balaban J connectivity index is 1.63. The predicted octanol–water partition coefficient (Wildman–Crippen LogP) is 3.46. The van der Waals surface area contributed by atoms with Crippen LogP contribution in [0.1, 0.15) is 5.56 Å². The highest BCUT2D eigenvalue weighted by atomic mass is 79.9. The first kappa shape index (κ1) is 18.8. The van der Waals surface area contributed by atoms with Crippen molar-refractivity contribution in [3.63, 3.8) is 0 Å². The highest BCUT2D eigenvalue weighted by Crippen LogP contribution is 2.36. The van der Waals surface area contributed by atoms with Crippen molar-refractivity contribution in [2.75, 3.05) is 11.9 Å². The van der Waals surface area contributed by atoms with Crippen LogP contribution in [0.2, 0.25) is 0 Å². The average Bonchev–Trinajstić information content (AvgIpc) is 3.16. The van der Waals surface area contributed by atoms with E-state index in [2.05, 4.69) is 36.8 Å². The normalized spacial score (nSPS) is 11.3. The number of alkyl halides is 3. The number of amides is 1. The first-order valence-corrected chi connectivity index (χ1v) is 8.25. The Morgan fingerprint density at radius 3 is 2.74 bits per heavy atom. The number of halogens is 4. The number of anilines is 1. The van der Waals surface area contributed by atoms with Crippen molar-refractivity contribution in [2.45, 2.75) is 6.18 Å². The minimum absolute atomic E-state index is 0.0153. The van der Waals surface area contributed by atoms with Gasteiger partial charge < -0.3 is 10.1 Å². The lowest BCUT2D eigenvalue weighted by Gasteiger charge is -2.12. The number of ether oxygens (including phenoxy) is 1. The van der Waals surface area contributed by atoms with Crippen LogP contribution < -0.4 is 10.1 Å². The quantitative estimate of drug-likeness (QED) is 0.655. The molecule has 0 unspecified atom stereocenters. The second kappa shape index (κ2) is 7.74. The van der Waals surface area contributed by atoms with Crippen molar-refractivity contribution in [1.82, 2.24) is 20.2 Å². The first-order valence-electron chi connectivity index (χ1n) is 7.46. The number of nitrogens with zero attached hydrogens (tertiary/aromatic N) is 4. The van der Waals surface area contributed by atoms with Crippen molar-refractivity contribution in [3.8, 4) is 11.4 Å². The molecule has 140 valence electrons. The molecule has 7 nitrogen and oxygen atoms in total. The zero-order valence-electron chi connectivity index (χ0n) is 13.4. The van der Waals surface area contributed by atoms with E-state index in [9.17, 15) is 18.0 Å². The fraction of sp³-hybridized carbons (Fsp3) is 0.125. The van der Waals surface area contributed by atoms with E-state index in [0.717, 1.165) is 6.07 Å². The third-order valence-corrected chi connectivity index (χ3v) is 4.05. The first-order chi connectivity index (χ1) is 12.8. The molecule has 3 rings (SSSR count). The summed E-state index contributed by atoms with van der Waals surface area (Å²) in [6.45, 7) is -0.378. The van der Waals surface area contributed by atoms with Crippen LogP contribution in [0.3, 0.4) is 0 Å². The van der Waals surface area contributed by atoms with E-state index in [4.69, 9.17) is 4.74 Å². The summed E-state index contributed by atoms with van der Waals surface area (Å²) in [7, 11) is 0. The van der Waals surface area contributed by atoms with Crippen LogP contribution in [0, 0.1) is 0 Å². The van der Waals surface area contributed by atoms with E-state index in [1.807, 2.05) is 0 Å². The maximum absolute atomic E-state index is 12.9. The van der Waals surface area contributed by atoms with E-state index in [1.54, 1.807) is 24.3 Å². The lowest BCUT2D eigenvalue weighted by Crippen LogP contribution is -2.20. The minimum atomic E-state index is -4.53. The molecule has 0 radical (unpaired) electrons. The van der Waals surface area contributed by atoms with Gasteiger partial charge in [0.15, 0.2) is 6.61 Å². The molecule has 27 heavy (non-hydrogen) atoms. The molecule has 0 saturated heterocycles. The van der Waals surface area contributed by atoms with Gasteiger partial charge >= 0.3 is 6.18 Å². The monoisotopic (exact) mass is 441 g/mol. The van der Waals surface area contributed by atoms with E-state index < -0.39 is 17.6 Å². The standard InChI is InChI=1S/C16H11BrF3N5O2/c17-14-5-4-10(6-13(14)16(18,19)20)22-15(26)8-27-12-3-1-2-11(7-12)25-9-21-23-24-25/h1-7,9H,8H2,(H,22,26). The number of carbonyl (C=O) groups is 1. The number of tetrazole rings is 1. The Bertz CT molecular complexity index is 947. The van der Waals surface area contributed by atoms with Gasteiger partial charge in [0.25, 0.3) is 5.91 Å². The van der Waals surface area contributed by atoms with Crippen LogP contribution in [0.25, 0.3) is 5.69 Å². The van der Waals surface area contributed by atoms with E-state index >= 15 is 0 Å². The summed E-state index contributed by atoms with van der Waals surface area (Å²) in [6, 6.07) is 10.1. The summed E-state index contributed by atoms with van der Waals surface area (Å²) in [4.78, 5) is 12.0. The topological polar surface area (TPSA) is 81.9 Å². The number of hydrogen-bond donors (Lipinski definition) is 1. The van der Waals surface area contributed by atoms with E-state index in [1.165, 1.54) is 23.1 Å². The van der Waals surface area contributed by atoms with Gasteiger partial charge in [-0.1, -0.05) is 22.0 Å². The molecule has 0 saturated carbocycles. The van der Waals surface area contributed by atoms with Gasteiger partial charge in [-0.2, -0.15) is 13.2 Å². The third-order valence-electron chi connectivity index (χ3n) is 3.36.